The molecule has 0 spiro atoms. The summed E-state index contributed by atoms with van der Waals surface area (Å²) in [5.41, 5.74) is 1.83. The van der Waals surface area contributed by atoms with E-state index >= 15 is 0 Å². The number of carbonyl (C=O) groups is 2. The van der Waals surface area contributed by atoms with Crippen LogP contribution in [0.3, 0.4) is 0 Å². The summed E-state index contributed by atoms with van der Waals surface area (Å²) in [6.45, 7) is 5.63. The lowest BCUT2D eigenvalue weighted by Crippen LogP contribution is -2.64. The van der Waals surface area contributed by atoms with Crippen molar-refractivity contribution < 1.29 is 9.59 Å². The van der Waals surface area contributed by atoms with Crippen molar-refractivity contribution in [1.29, 1.82) is 0 Å². The van der Waals surface area contributed by atoms with Crippen molar-refractivity contribution in [1.82, 2.24) is 5.32 Å². The lowest BCUT2D eigenvalue weighted by molar-refractivity contribution is -0.134. The molecule has 0 bridgehead atoms. The molecule has 1 aromatic rings. The second kappa shape index (κ2) is 5.76. The van der Waals surface area contributed by atoms with Gasteiger partial charge in [-0.05, 0) is 37.1 Å². The van der Waals surface area contributed by atoms with E-state index in [1.54, 1.807) is 11.8 Å². The average Bonchev–Trinajstić information content (AvgIpc) is 2.42. The first-order chi connectivity index (χ1) is 9.82. The van der Waals surface area contributed by atoms with Crippen molar-refractivity contribution in [3.05, 3.63) is 24.3 Å². The van der Waals surface area contributed by atoms with Crippen LogP contribution in [0.4, 0.5) is 11.4 Å². The highest BCUT2D eigenvalue weighted by molar-refractivity contribution is 6.08. The molecule has 2 rings (SSSR count). The van der Waals surface area contributed by atoms with Gasteiger partial charge in [0, 0.05) is 25.5 Å². The quantitative estimate of drug-likeness (QED) is 0.920. The average molecular weight is 289 g/mol. The Bertz CT molecular complexity index is 537. The van der Waals surface area contributed by atoms with E-state index < -0.39 is 12.1 Å². The van der Waals surface area contributed by atoms with Gasteiger partial charge in [-0.2, -0.15) is 0 Å². The Morgan fingerprint density at radius 3 is 2.19 bits per heavy atom. The van der Waals surface area contributed by atoms with Gasteiger partial charge in [0.25, 0.3) is 0 Å². The topological polar surface area (TPSA) is 52.7 Å². The van der Waals surface area contributed by atoms with E-state index in [0.29, 0.717) is 0 Å². The summed E-state index contributed by atoms with van der Waals surface area (Å²) < 4.78 is 0. The Balaban J connectivity index is 2.40. The third-order valence-corrected chi connectivity index (χ3v) is 3.79. The standard InChI is InChI=1S/C16H23N3O2/c1-10(2)14-15(20)17-11(3)16(21)19(14)13-8-6-12(7-9-13)18(4)5/h6-11,14H,1-5H3,(H,17,20). The van der Waals surface area contributed by atoms with Gasteiger partial charge in [-0.25, -0.2) is 0 Å². The molecule has 1 fully saturated rings. The molecular weight excluding hydrogens is 266 g/mol. The molecule has 0 saturated carbocycles. The minimum absolute atomic E-state index is 0.0509. The van der Waals surface area contributed by atoms with Gasteiger partial charge in [-0.3, -0.25) is 14.5 Å². The predicted octanol–water partition coefficient (Wildman–Crippen LogP) is 1.63. The fraction of sp³-hybridized carbons (Fsp3) is 0.500. The summed E-state index contributed by atoms with van der Waals surface area (Å²) in [5.74, 6) is -0.102. The van der Waals surface area contributed by atoms with Crippen LogP contribution in [-0.2, 0) is 9.59 Å². The number of nitrogens with one attached hydrogen (secondary N) is 1. The van der Waals surface area contributed by atoms with Crippen molar-refractivity contribution in [2.45, 2.75) is 32.9 Å². The summed E-state index contributed by atoms with van der Waals surface area (Å²) in [4.78, 5) is 28.4. The van der Waals surface area contributed by atoms with Crippen LogP contribution in [0, 0.1) is 5.92 Å². The zero-order valence-electron chi connectivity index (χ0n) is 13.3. The van der Waals surface area contributed by atoms with Crippen LogP contribution >= 0.6 is 0 Å². The van der Waals surface area contributed by atoms with Gasteiger partial charge in [0.1, 0.15) is 12.1 Å². The highest BCUT2D eigenvalue weighted by atomic mass is 16.2. The molecule has 1 heterocycles. The summed E-state index contributed by atoms with van der Waals surface area (Å²) in [6.07, 6.45) is 0. The van der Waals surface area contributed by atoms with Gasteiger partial charge in [0.15, 0.2) is 0 Å². The Morgan fingerprint density at radius 2 is 1.71 bits per heavy atom. The molecule has 1 N–H and O–H groups in total. The number of hydrogen-bond donors (Lipinski definition) is 1. The number of nitrogens with zero attached hydrogens (tertiary/aromatic N) is 2. The van der Waals surface area contributed by atoms with Gasteiger partial charge in [-0.15, -0.1) is 0 Å². The van der Waals surface area contributed by atoms with Crippen molar-refractivity contribution >= 4 is 23.2 Å². The monoisotopic (exact) mass is 289 g/mol. The first kappa shape index (κ1) is 15.4. The molecule has 2 atom stereocenters. The molecule has 114 valence electrons. The minimum Gasteiger partial charge on any atom is -0.378 e. The Kier molecular flexibility index (Phi) is 4.21. The van der Waals surface area contributed by atoms with Gasteiger partial charge >= 0.3 is 0 Å². The summed E-state index contributed by atoms with van der Waals surface area (Å²) in [6, 6.07) is 6.76. The first-order valence-corrected chi connectivity index (χ1v) is 7.23. The van der Waals surface area contributed by atoms with Gasteiger partial charge in [-0.1, -0.05) is 13.8 Å². The Morgan fingerprint density at radius 1 is 1.14 bits per heavy atom. The highest BCUT2D eigenvalue weighted by Gasteiger charge is 2.40. The van der Waals surface area contributed by atoms with Crippen LogP contribution in [0.25, 0.3) is 0 Å². The van der Waals surface area contributed by atoms with Gasteiger partial charge < -0.3 is 10.2 Å². The molecule has 0 aliphatic carbocycles. The zero-order chi connectivity index (χ0) is 15.7. The van der Waals surface area contributed by atoms with Crippen LogP contribution in [-0.4, -0.2) is 38.0 Å². The van der Waals surface area contributed by atoms with Crippen LogP contribution in [0.1, 0.15) is 20.8 Å². The molecule has 2 unspecified atom stereocenters. The Hall–Kier alpha value is -2.04. The summed E-state index contributed by atoms with van der Waals surface area (Å²) in [5, 5.41) is 2.75. The van der Waals surface area contributed by atoms with Crippen molar-refractivity contribution in [3.63, 3.8) is 0 Å². The summed E-state index contributed by atoms with van der Waals surface area (Å²) in [7, 11) is 3.93. The molecule has 1 saturated heterocycles. The SMILES string of the molecule is CC1NC(=O)C(C(C)C)N(c2ccc(N(C)C)cc2)C1=O. The molecule has 21 heavy (non-hydrogen) atoms. The maximum absolute atomic E-state index is 12.5. The van der Waals surface area contributed by atoms with E-state index in [-0.39, 0.29) is 17.7 Å². The number of piperazine rings is 1. The van der Waals surface area contributed by atoms with E-state index in [1.807, 2.05) is 57.1 Å². The largest absolute Gasteiger partial charge is 0.378 e. The van der Waals surface area contributed by atoms with E-state index in [0.717, 1.165) is 11.4 Å². The zero-order valence-corrected chi connectivity index (χ0v) is 13.3. The lowest BCUT2D eigenvalue weighted by atomic mass is 9.96. The number of hydrogen-bond acceptors (Lipinski definition) is 3. The van der Waals surface area contributed by atoms with Crippen LogP contribution < -0.4 is 15.1 Å². The molecule has 2 amide bonds. The first-order valence-electron chi connectivity index (χ1n) is 7.23. The normalized spacial score (nSPS) is 22.5. The molecule has 0 radical (unpaired) electrons. The number of amides is 2. The maximum Gasteiger partial charge on any atom is 0.250 e. The minimum atomic E-state index is -0.485. The second-order valence-corrected chi connectivity index (χ2v) is 6.04. The lowest BCUT2D eigenvalue weighted by Gasteiger charge is -2.40. The number of rotatable bonds is 3. The van der Waals surface area contributed by atoms with Crippen molar-refractivity contribution in [2.75, 3.05) is 23.9 Å². The van der Waals surface area contributed by atoms with Crippen molar-refractivity contribution in [2.24, 2.45) is 5.92 Å². The van der Waals surface area contributed by atoms with E-state index in [9.17, 15) is 9.59 Å². The molecular formula is C16H23N3O2. The third kappa shape index (κ3) is 2.86. The van der Waals surface area contributed by atoms with E-state index in [1.165, 1.54) is 0 Å². The van der Waals surface area contributed by atoms with Crippen molar-refractivity contribution in [3.8, 4) is 0 Å². The second-order valence-electron chi connectivity index (χ2n) is 6.04. The van der Waals surface area contributed by atoms with Gasteiger partial charge in [0.05, 0.1) is 0 Å². The number of benzene rings is 1. The van der Waals surface area contributed by atoms with E-state index in [4.69, 9.17) is 0 Å². The van der Waals surface area contributed by atoms with Crippen LogP contribution in [0.5, 0.6) is 0 Å². The van der Waals surface area contributed by atoms with Gasteiger partial charge in [0.2, 0.25) is 11.8 Å². The number of carbonyl (C=O) groups excluding carboxylic acids is 2. The third-order valence-electron chi connectivity index (χ3n) is 3.79. The fourth-order valence-electron chi connectivity index (χ4n) is 2.62. The van der Waals surface area contributed by atoms with Crippen LogP contribution in [0.2, 0.25) is 0 Å². The molecule has 1 aliphatic heterocycles. The highest BCUT2D eigenvalue weighted by Crippen LogP contribution is 2.27. The molecule has 1 aromatic carbocycles. The summed E-state index contributed by atoms with van der Waals surface area (Å²) >= 11 is 0. The van der Waals surface area contributed by atoms with Crippen LogP contribution in [0.15, 0.2) is 24.3 Å². The molecule has 1 aliphatic rings. The van der Waals surface area contributed by atoms with E-state index in [2.05, 4.69) is 5.32 Å². The number of anilines is 2. The molecule has 5 heteroatoms. The predicted molar refractivity (Wildman–Crippen MR) is 84.5 cm³/mol. The fourth-order valence-corrected chi connectivity index (χ4v) is 2.62. The Labute approximate surface area is 125 Å². The smallest absolute Gasteiger partial charge is 0.250 e. The molecule has 0 aromatic heterocycles. The maximum atomic E-state index is 12.5. The molecule has 5 nitrogen and oxygen atoms in total.